The Morgan fingerprint density at radius 2 is 1.41 bits per heavy atom. The van der Waals surface area contributed by atoms with Crippen LogP contribution in [-0.2, 0) is 28.7 Å². The fourth-order valence-corrected chi connectivity index (χ4v) is 6.41. The number of alkyl halides is 2. The van der Waals surface area contributed by atoms with Gasteiger partial charge in [-0.05, 0) is 43.9 Å². The summed E-state index contributed by atoms with van der Waals surface area (Å²) in [6, 6.07) is -5.22. The quantitative estimate of drug-likeness (QED) is 0.158. The van der Waals surface area contributed by atoms with Gasteiger partial charge in [0.1, 0.15) is 28.1 Å². The van der Waals surface area contributed by atoms with Crippen molar-refractivity contribution in [2.24, 2.45) is 34.3 Å². The Balaban J connectivity index is 1.83. The number of nitrogens with two attached hydrogens (primary N) is 1. The third-order valence-corrected chi connectivity index (χ3v) is 9.26. The summed E-state index contributed by atoms with van der Waals surface area (Å²) in [7, 11) is 0. The summed E-state index contributed by atoms with van der Waals surface area (Å²) in [6.45, 7) is 15.8. The number of nitrogens with zero attached hydrogens (tertiary/aromatic N) is 1. The predicted octanol–water partition coefficient (Wildman–Crippen LogP) is 2.43. The van der Waals surface area contributed by atoms with E-state index < -0.39 is 92.3 Å². The molecule has 0 radical (unpaired) electrons. The number of rotatable bonds is 10. The van der Waals surface area contributed by atoms with Crippen LogP contribution in [0.2, 0.25) is 0 Å². The third-order valence-electron chi connectivity index (χ3n) is 8.20. The number of urea groups is 1. The molecule has 3 fully saturated rings. The standard InChI is InChI=1S/C30H47Cl2N5O7/c1-27(2,3)20(35-26(43)36-21(28(4,5)6)25(42)44-29(7,8)9)24(41)37-13-15-17(30(15,31)32)18(37)23(40)34-16(12-14-10-11-14)19(38)22(33)39/h14-18,20-21H,10-13H2,1-9H3,(H2,33,39)(H,34,40)(H2,35,36,43)/t15-,16?,17-,18-,20+,21+/m0/s1. The lowest BCUT2D eigenvalue weighted by atomic mass is 9.85. The monoisotopic (exact) mass is 659 g/mol. The molecule has 2 aliphatic carbocycles. The van der Waals surface area contributed by atoms with Gasteiger partial charge in [-0.1, -0.05) is 54.4 Å². The third kappa shape index (κ3) is 8.35. The summed E-state index contributed by atoms with van der Waals surface area (Å²) in [5.41, 5.74) is 2.90. The first-order valence-corrected chi connectivity index (χ1v) is 15.7. The Morgan fingerprint density at radius 3 is 1.86 bits per heavy atom. The number of amides is 5. The van der Waals surface area contributed by atoms with Crippen molar-refractivity contribution >= 4 is 58.7 Å². The molecule has 1 aliphatic heterocycles. The minimum atomic E-state index is -1.26. The summed E-state index contributed by atoms with van der Waals surface area (Å²) in [5, 5.41) is 8.01. The van der Waals surface area contributed by atoms with Gasteiger partial charge in [0.2, 0.25) is 17.6 Å². The average molecular weight is 661 g/mol. The minimum absolute atomic E-state index is 0.0457. The fourth-order valence-electron chi connectivity index (χ4n) is 5.59. The fraction of sp³-hybridized carbons (Fsp3) is 0.800. The van der Waals surface area contributed by atoms with Gasteiger partial charge in [0.05, 0.1) is 6.04 Å². The highest BCUT2D eigenvalue weighted by molar-refractivity contribution is 6.51. The van der Waals surface area contributed by atoms with Crippen molar-refractivity contribution in [3.05, 3.63) is 0 Å². The molecule has 0 spiro atoms. The van der Waals surface area contributed by atoms with Crippen LogP contribution in [0.1, 0.15) is 81.6 Å². The van der Waals surface area contributed by atoms with Gasteiger partial charge in [-0.2, -0.15) is 0 Å². The first-order valence-electron chi connectivity index (χ1n) is 15.0. The molecule has 248 valence electrons. The molecular weight excluding hydrogens is 613 g/mol. The number of ketones is 1. The lowest BCUT2D eigenvalue weighted by Crippen LogP contribution is -2.63. The number of carbonyl (C=O) groups is 6. The van der Waals surface area contributed by atoms with E-state index in [-0.39, 0.29) is 18.9 Å². The van der Waals surface area contributed by atoms with E-state index in [4.69, 9.17) is 33.7 Å². The second-order valence-electron chi connectivity index (χ2n) is 15.5. The Hall–Kier alpha value is -2.60. The van der Waals surface area contributed by atoms with E-state index in [9.17, 15) is 28.8 Å². The lowest BCUT2D eigenvalue weighted by Gasteiger charge is -2.38. The molecule has 3 aliphatic rings. The van der Waals surface area contributed by atoms with Crippen LogP contribution in [-0.4, -0.2) is 81.1 Å². The summed E-state index contributed by atoms with van der Waals surface area (Å²) >= 11 is 12.9. The number of Topliss-reactive ketones (excluding diaryl/α,β-unsaturated/α-hetero) is 1. The molecule has 0 aromatic heterocycles. The first kappa shape index (κ1) is 35.9. The molecule has 1 saturated heterocycles. The van der Waals surface area contributed by atoms with Crippen molar-refractivity contribution < 1.29 is 33.5 Å². The lowest BCUT2D eigenvalue weighted by molar-refractivity contribution is -0.160. The molecular formula is C30H47Cl2N5O7. The number of likely N-dealkylation sites (tertiary alicyclic amines) is 1. The Labute approximate surface area is 269 Å². The number of ether oxygens (including phenoxy) is 1. The van der Waals surface area contributed by atoms with Crippen LogP contribution in [0.4, 0.5) is 4.79 Å². The van der Waals surface area contributed by atoms with E-state index in [0.29, 0.717) is 0 Å². The molecule has 5 amide bonds. The zero-order valence-electron chi connectivity index (χ0n) is 27.0. The summed E-state index contributed by atoms with van der Waals surface area (Å²) < 4.78 is 4.26. The van der Waals surface area contributed by atoms with Gasteiger partial charge in [0, 0.05) is 18.4 Å². The topological polar surface area (TPSA) is 177 Å². The predicted molar refractivity (Wildman–Crippen MR) is 164 cm³/mol. The van der Waals surface area contributed by atoms with Gasteiger partial charge in [-0.3, -0.25) is 19.2 Å². The molecule has 14 heteroatoms. The molecule has 1 unspecified atom stereocenters. The summed E-state index contributed by atoms with van der Waals surface area (Å²) in [4.78, 5) is 79.6. The molecule has 0 aromatic rings. The van der Waals surface area contributed by atoms with E-state index in [2.05, 4.69) is 16.0 Å². The van der Waals surface area contributed by atoms with Gasteiger partial charge < -0.3 is 31.3 Å². The SMILES string of the molecule is CC(C)(C)OC(=O)[C@@H](NC(=O)N[C@H](C(=O)N1C[C@H]2[C@@H]([C@H]1C(=O)NC(CC1CC1)C(=O)C(N)=O)C2(Cl)Cl)C(C)(C)C)C(C)(C)C. The van der Waals surface area contributed by atoms with Crippen molar-refractivity contribution in [2.45, 2.75) is 116 Å². The van der Waals surface area contributed by atoms with Gasteiger partial charge >= 0.3 is 12.0 Å². The Kier molecular flexibility index (Phi) is 10.0. The van der Waals surface area contributed by atoms with Gasteiger partial charge in [-0.15, -0.1) is 23.2 Å². The van der Waals surface area contributed by atoms with Crippen molar-refractivity contribution in [1.82, 2.24) is 20.9 Å². The molecule has 6 atom stereocenters. The molecule has 44 heavy (non-hydrogen) atoms. The summed E-state index contributed by atoms with van der Waals surface area (Å²) in [6.07, 6.45) is 2.00. The van der Waals surface area contributed by atoms with E-state index in [1.807, 2.05) is 0 Å². The number of nitrogens with one attached hydrogen (secondary N) is 3. The Morgan fingerprint density at radius 1 is 0.886 bits per heavy atom. The second-order valence-corrected chi connectivity index (χ2v) is 16.9. The normalized spacial score (nSPS) is 24.7. The van der Waals surface area contributed by atoms with E-state index in [1.165, 1.54) is 4.90 Å². The van der Waals surface area contributed by atoms with Crippen molar-refractivity contribution in [3.63, 3.8) is 0 Å². The van der Waals surface area contributed by atoms with Crippen LogP contribution in [0.25, 0.3) is 0 Å². The maximum Gasteiger partial charge on any atom is 0.329 e. The van der Waals surface area contributed by atoms with Crippen LogP contribution in [0.5, 0.6) is 0 Å². The van der Waals surface area contributed by atoms with Crippen LogP contribution in [0.15, 0.2) is 0 Å². The highest BCUT2D eigenvalue weighted by atomic mass is 35.5. The molecule has 1 heterocycles. The minimum Gasteiger partial charge on any atom is -0.458 e. The summed E-state index contributed by atoms with van der Waals surface area (Å²) in [5.74, 6) is -4.78. The highest BCUT2D eigenvalue weighted by Gasteiger charge is 2.74. The number of hydrogen-bond acceptors (Lipinski definition) is 7. The zero-order valence-corrected chi connectivity index (χ0v) is 28.5. The molecule has 5 N–H and O–H groups in total. The van der Waals surface area contributed by atoms with E-state index in [0.717, 1.165) is 12.8 Å². The molecule has 12 nitrogen and oxygen atoms in total. The largest absolute Gasteiger partial charge is 0.458 e. The van der Waals surface area contributed by atoms with E-state index in [1.54, 1.807) is 62.3 Å². The van der Waals surface area contributed by atoms with Crippen LogP contribution >= 0.6 is 23.2 Å². The van der Waals surface area contributed by atoms with Gasteiger partial charge in [-0.25, -0.2) is 9.59 Å². The maximum absolute atomic E-state index is 14.1. The van der Waals surface area contributed by atoms with E-state index >= 15 is 0 Å². The zero-order chi connectivity index (χ0) is 33.7. The smallest absolute Gasteiger partial charge is 0.329 e. The molecule has 3 rings (SSSR count). The number of carbonyl (C=O) groups excluding carboxylic acids is 6. The molecule has 2 saturated carbocycles. The van der Waals surface area contributed by atoms with Gasteiger partial charge in [0.15, 0.2) is 0 Å². The molecule has 0 aromatic carbocycles. The number of hydrogen-bond donors (Lipinski definition) is 4. The number of primary amides is 1. The van der Waals surface area contributed by atoms with Crippen molar-refractivity contribution in [1.29, 1.82) is 0 Å². The number of fused-ring (bicyclic) bond motifs is 1. The van der Waals surface area contributed by atoms with Gasteiger partial charge in [0.25, 0.3) is 5.91 Å². The van der Waals surface area contributed by atoms with Crippen molar-refractivity contribution in [3.8, 4) is 0 Å². The van der Waals surface area contributed by atoms with Crippen LogP contribution < -0.4 is 21.7 Å². The highest BCUT2D eigenvalue weighted by Crippen LogP contribution is 2.65. The Bertz CT molecular complexity index is 1200. The second kappa shape index (κ2) is 12.3. The first-order chi connectivity index (χ1) is 19.9. The van der Waals surface area contributed by atoms with Crippen molar-refractivity contribution in [2.75, 3.05) is 6.54 Å². The maximum atomic E-state index is 14.1. The number of piperidine rings is 1. The molecule has 0 bridgehead atoms. The number of halogens is 2. The average Bonchev–Trinajstić information content (AvgIpc) is 3.69. The number of esters is 1. The van der Waals surface area contributed by atoms with Crippen LogP contribution in [0, 0.1) is 28.6 Å². The van der Waals surface area contributed by atoms with Crippen LogP contribution in [0.3, 0.4) is 0 Å².